The second kappa shape index (κ2) is 10.6. The lowest BCUT2D eigenvalue weighted by atomic mass is 10.1. The van der Waals surface area contributed by atoms with E-state index in [2.05, 4.69) is 32.4 Å². The van der Waals surface area contributed by atoms with Crippen molar-refractivity contribution in [3.05, 3.63) is 109 Å². The highest BCUT2D eigenvalue weighted by molar-refractivity contribution is 9.10. The molecule has 1 aromatic heterocycles. The predicted molar refractivity (Wildman–Crippen MR) is 140 cm³/mol. The maximum Gasteiger partial charge on any atom is 0.256 e. The van der Waals surface area contributed by atoms with Gasteiger partial charge in [0.1, 0.15) is 12.4 Å². The van der Waals surface area contributed by atoms with E-state index < -0.39 is 0 Å². The standard InChI is InChI=1S/C26H22BrCl2N3O2/c1-16-6-9-24(17(2)10-16)34-15-19-4-3-5-20(11-19)26(33)30-25-21(27)14-32(31-25)13-18-7-8-22(28)23(29)12-18/h3-12,14H,13,15H2,1-2H3,(H,30,31,33). The van der Waals surface area contributed by atoms with E-state index in [-0.39, 0.29) is 5.91 Å². The van der Waals surface area contributed by atoms with Crippen LogP contribution in [0.4, 0.5) is 5.82 Å². The van der Waals surface area contributed by atoms with Gasteiger partial charge in [0.05, 0.1) is 21.1 Å². The average molecular weight is 559 g/mol. The van der Waals surface area contributed by atoms with E-state index in [4.69, 9.17) is 27.9 Å². The normalized spacial score (nSPS) is 10.9. The lowest BCUT2D eigenvalue weighted by Crippen LogP contribution is -2.13. The molecular formula is C26H22BrCl2N3O2. The number of halogens is 3. The Morgan fingerprint density at radius 2 is 1.85 bits per heavy atom. The van der Waals surface area contributed by atoms with Gasteiger partial charge in [-0.2, -0.15) is 5.10 Å². The number of hydrogen-bond acceptors (Lipinski definition) is 3. The summed E-state index contributed by atoms with van der Waals surface area (Å²) in [6.45, 7) is 4.92. The van der Waals surface area contributed by atoms with Crippen molar-refractivity contribution in [2.24, 2.45) is 0 Å². The van der Waals surface area contributed by atoms with Gasteiger partial charge in [0.2, 0.25) is 0 Å². The van der Waals surface area contributed by atoms with E-state index in [0.29, 0.717) is 39.1 Å². The molecule has 0 saturated heterocycles. The molecule has 0 fully saturated rings. The number of carbonyl (C=O) groups is 1. The maximum absolute atomic E-state index is 12.9. The fourth-order valence-corrected chi connectivity index (χ4v) is 4.23. The fraction of sp³-hybridized carbons (Fsp3) is 0.154. The van der Waals surface area contributed by atoms with Crippen LogP contribution in [0.1, 0.15) is 32.6 Å². The highest BCUT2D eigenvalue weighted by Crippen LogP contribution is 2.25. The number of rotatable bonds is 7. The van der Waals surface area contributed by atoms with Crippen molar-refractivity contribution >= 4 is 50.9 Å². The number of aromatic nitrogens is 2. The van der Waals surface area contributed by atoms with E-state index in [1.54, 1.807) is 29.1 Å². The minimum atomic E-state index is -0.256. The molecule has 3 aromatic carbocycles. The van der Waals surface area contributed by atoms with Gasteiger partial charge in [-0.05, 0) is 76.8 Å². The van der Waals surface area contributed by atoms with Crippen LogP contribution >= 0.6 is 39.1 Å². The monoisotopic (exact) mass is 557 g/mol. The fourth-order valence-electron chi connectivity index (χ4n) is 3.49. The molecule has 0 atom stereocenters. The molecule has 8 heteroatoms. The van der Waals surface area contributed by atoms with Crippen molar-refractivity contribution in [3.63, 3.8) is 0 Å². The van der Waals surface area contributed by atoms with Gasteiger partial charge in [-0.3, -0.25) is 9.48 Å². The minimum Gasteiger partial charge on any atom is -0.489 e. The Kier molecular flexibility index (Phi) is 7.61. The molecule has 1 amide bonds. The van der Waals surface area contributed by atoms with Crippen LogP contribution < -0.4 is 10.1 Å². The summed E-state index contributed by atoms with van der Waals surface area (Å²) >= 11 is 15.6. The number of benzene rings is 3. The molecule has 0 radical (unpaired) electrons. The molecule has 0 spiro atoms. The summed E-state index contributed by atoms with van der Waals surface area (Å²) in [5.74, 6) is 1.01. The lowest BCUT2D eigenvalue weighted by Gasteiger charge is -2.11. The Morgan fingerprint density at radius 3 is 2.62 bits per heavy atom. The predicted octanol–water partition coefficient (Wildman–Crippen LogP) is 7.45. The maximum atomic E-state index is 12.9. The molecule has 4 rings (SSSR count). The molecule has 0 bridgehead atoms. The summed E-state index contributed by atoms with van der Waals surface area (Å²) in [4.78, 5) is 12.9. The van der Waals surface area contributed by atoms with Crippen molar-refractivity contribution in [2.45, 2.75) is 27.0 Å². The van der Waals surface area contributed by atoms with Crippen molar-refractivity contribution in [1.82, 2.24) is 9.78 Å². The Labute approximate surface area is 216 Å². The van der Waals surface area contributed by atoms with Gasteiger partial charge >= 0.3 is 0 Å². The average Bonchev–Trinajstić information content (AvgIpc) is 3.14. The van der Waals surface area contributed by atoms with E-state index >= 15 is 0 Å². The lowest BCUT2D eigenvalue weighted by molar-refractivity contribution is 0.102. The number of aryl methyl sites for hydroxylation is 2. The van der Waals surface area contributed by atoms with Crippen molar-refractivity contribution in [3.8, 4) is 5.75 Å². The summed E-state index contributed by atoms with van der Waals surface area (Å²) in [7, 11) is 0. The van der Waals surface area contributed by atoms with Crippen LogP contribution in [0, 0.1) is 13.8 Å². The molecule has 0 saturated carbocycles. The van der Waals surface area contributed by atoms with Gasteiger partial charge in [0.15, 0.2) is 5.82 Å². The van der Waals surface area contributed by atoms with Crippen LogP contribution in [-0.4, -0.2) is 15.7 Å². The van der Waals surface area contributed by atoms with E-state index in [0.717, 1.165) is 22.4 Å². The third kappa shape index (κ3) is 6.00. The second-order valence-corrected chi connectivity index (χ2v) is 9.65. The number of amides is 1. The molecule has 0 aliphatic rings. The molecule has 4 aromatic rings. The van der Waals surface area contributed by atoms with Crippen LogP contribution in [0.15, 0.2) is 71.3 Å². The van der Waals surface area contributed by atoms with Crippen LogP contribution in [-0.2, 0) is 13.2 Å². The van der Waals surface area contributed by atoms with Gasteiger partial charge in [-0.25, -0.2) is 0 Å². The van der Waals surface area contributed by atoms with Crippen LogP contribution in [0.5, 0.6) is 5.75 Å². The first kappa shape index (κ1) is 24.3. The van der Waals surface area contributed by atoms with E-state index in [9.17, 15) is 4.79 Å². The number of carbonyl (C=O) groups excluding carboxylic acids is 1. The van der Waals surface area contributed by atoms with Gasteiger partial charge in [-0.15, -0.1) is 0 Å². The van der Waals surface area contributed by atoms with Gasteiger partial charge < -0.3 is 10.1 Å². The Bertz CT molecular complexity index is 1350. The number of anilines is 1. The zero-order valence-corrected chi connectivity index (χ0v) is 21.7. The highest BCUT2D eigenvalue weighted by atomic mass is 79.9. The largest absolute Gasteiger partial charge is 0.489 e. The molecule has 0 aliphatic carbocycles. The number of nitrogens with one attached hydrogen (secondary N) is 1. The second-order valence-electron chi connectivity index (χ2n) is 7.98. The summed E-state index contributed by atoms with van der Waals surface area (Å²) < 4.78 is 8.34. The van der Waals surface area contributed by atoms with Crippen LogP contribution in [0.25, 0.3) is 0 Å². The van der Waals surface area contributed by atoms with Gasteiger partial charge in [0, 0.05) is 11.8 Å². The Hall–Kier alpha value is -2.80. The first-order chi connectivity index (χ1) is 16.3. The number of hydrogen-bond donors (Lipinski definition) is 1. The first-order valence-corrected chi connectivity index (χ1v) is 12.1. The quantitative estimate of drug-likeness (QED) is 0.256. The molecule has 0 unspecified atom stereocenters. The number of nitrogens with zero attached hydrogens (tertiary/aromatic N) is 2. The summed E-state index contributed by atoms with van der Waals surface area (Å²) in [6.07, 6.45) is 1.80. The van der Waals surface area contributed by atoms with Crippen LogP contribution in [0.3, 0.4) is 0 Å². The van der Waals surface area contributed by atoms with Crippen molar-refractivity contribution in [2.75, 3.05) is 5.32 Å². The Morgan fingerprint density at radius 1 is 1.03 bits per heavy atom. The zero-order chi connectivity index (χ0) is 24.2. The minimum absolute atomic E-state index is 0.256. The third-order valence-corrected chi connectivity index (χ3v) is 6.51. The van der Waals surface area contributed by atoms with Gasteiger partial charge in [0.25, 0.3) is 5.91 Å². The molecule has 0 aliphatic heterocycles. The highest BCUT2D eigenvalue weighted by Gasteiger charge is 2.13. The van der Waals surface area contributed by atoms with Gasteiger partial charge in [-0.1, -0.05) is 59.1 Å². The molecule has 34 heavy (non-hydrogen) atoms. The molecule has 5 nitrogen and oxygen atoms in total. The molecule has 1 heterocycles. The third-order valence-electron chi connectivity index (χ3n) is 5.19. The molecule has 1 N–H and O–H groups in total. The zero-order valence-electron chi connectivity index (χ0n) is 18.6. The van der Waals surface area contributed by atoms with E-state index in [1.807, 2.05) is 50.2 Å². The topological polar surface area (TPSA) is 56.1 Å². The summed E-state index contributed by atoms with van der Waals surface area (Å²) in [5, 5.41) is 8.33. The van der Waals surface area contributed by atoms with Crippen molar-refractivity contribution in [1.29, 1.82) is 0 Å². The smallest absolute Gasteiger partial charge is 0.256 e. The number of ether oxygens (including phenoxy) is 1. The first-order valence-electron chi connectivity index (χ1n) is 10.6. The summed E-state index contributed by atoms with van der Waals surface area (Å²) in [5.41, 5.74) is 4.63. The van der Waals surface area contributed by atoms with Crippen LogP contribution in [0.2, 0.25) is 10.0 Å². The molecular weight excluding hydrogens is 537 g/mol. The Balaban J connectivity index is 1.42. The SMILES string of the molecule is Cc1ccc(OCc2cccc(C(=O)Nc3nn(Cc4ccc(Cl)c(Cl)c4)cc3Br)c2)c(C)c1. The molecule has 174 valence electrons. The van der Waals surface area contributed by atoms with Crippen molar-refractivity contribution < 1.29 is 9.53 Å². The van der Waals surface area contributed by atoms with E-state index in [1.165, 1.54) is 5.56 Å². The summed E-state index contributed by atoms with van der Waals surface area (Å²) in [6, 6.07) is 18.8.